The number of rotatable bonds is 12. The smallest absolute Gasteiger partial charge is 0.317 e. The predicted molar refractivity (Wildman–Crippen MR) is 73.9 cm³/mol. The van der Waals surface area contributed by atoms with Gasteiger partial charge < -0.3 is 25.5 Å². The Kier molecular flexibility index (Phi) is 13.0. The van der Waals surface area contributed by atoms with Gasteiger partial charge in [-0.3, -0.25) is 0 Å². The highest BCUT2D eigenvalue weighted by Gasteiger charge is 2.11. The maximum absolute atomic E-state index is 11.9. The number of hydrogen-bond acceptors (Lipinski definition) is 4. The second-order valence-electron chi connectivity index (χ2n) is 4.51. The monoisotopic (exact) mass is 276 g/mol. The molecule has 0 spiro atoms. The van der Waals surface area contributed by atoms with Crippen molar-refractivity contribution in [2.24, 2.45) is 0 Å². The lowest BCUT2D eigenvalue weighted by atomic mass is 10.2. The van der Waals surface area contributed by atoms with Crippen LogP contribution in [0.1, 0.15) is 38.5 Å². The number of hydrogen-bond donors (Lipinski definition) is 4. The van der Waals surface area contributed by atoms with E-state index in [1.165, 1.54) is 0 Å². The molecular formula is C13H28N2O4. The lowest BCUT2D eigenvalue weighted by Gasteiger charge is -2.23. The number of aliphatic hydroxyl groups excluding tert-OH is 3. The Morgan fingerprint density at radius 2 is 1.26 bits per heavy atom. The van der Waals surface area contributed by atoms with Gasteiger partial charge in [0.2, 0.25) is 0 Å². The van der Waals surface area contributed by atoms with Gasteiger partial charge in [-0.2, -0.15) is 0 Å². The Bertz CT molecular complexity index is 205. The molecule has 0 radical (unpaired) electrons. The molecule has 0 saturated heterocycles. The van der Waals surface area contributed by atoms with Gasteiger partial charge in [-0.25, -0.2) is 4.79 Å². The molecule has 0 bridgehead atoms. The molecule has 0 rings (SSSR count). The standard InChI is InChI=1S/C13H28N2O4/c16-10-4-1-7-14-13(19)15(8-2-5-11-17)9-3-6-12-18/h16-18H,1-12H2,(H,14,19). The summed E-state index contributed by atoms with van der Waals surface area (Å²) in [5, 5.41) is 29.0. The molecule has 0 aromatic rings. The zero-order valence-electron chi connectivity index (χ0n) is 11.7. The number of nitrogens with one attached hydrogen (secondary N) is 1. The van der Waals surface area contributed by atoms with Gasteiger partial charge in [0, 0.05) is 39.5 Å². The lowest BCUT2D eigenvalue weighted by Crippen LogP contribution is -2.41. The molecule has 0 saturated carbocycles. The Morgan fingerprint density at radius 1 is 0.789 bits per heavy atom. The summed E-state index contributed by atoms with van der Waals surface area (Å²) in [5.74, 6) is 0. The Morgan fingerprint density at radius 3 is 1.74 bits per heavy atom. The van der Waals surface area contributed by atoms with E-state index in [9.17, 15) is 4.79 Å². The number of amides is 2. The van der Waals surface area contributed by atoms with Crippen LogP contribution in [0.3, 0.4) is 0 Å². The van der Waals surface area contributed by atoms with Crippen LogP contribution in [-0.2, 0) is 0 Å². The van der Waals surface area contributed by atoms with Crippen molar-refractivity contribution in [3.05, 3.63) is 0 Å². The molecule has 6 nitrogen and oxygen atoms in total. The van der Waals surface area contributed by atoms with Crippen LogP contribution in [0, 0.1) is 0 Å². The van der Waals surface area contributed by atoms with Crippen molar-refractivity contribution in [2.45, 2.75) is 38.5 Å². The SMILES string of the molecule is O=C(NCCCCO)N(CCCCO)CCCCO. The summed E-state index contributed by atoms with van der Waals surface area (Å²) in [6, 6.07) is -0.103. The minimum Gasteiger partial charge on any atom is -0.396 e. The molecule has 0 aromatic heterocycles. The summed E-state index contributed by atoms with van der Waals surface area (Å²) in [5.41, 5.74) is 0. The predicted octanol–water partition coefficient (Wildman–Crippen LogP) is 0.315. The molecular weight excluding hydrogens is 248 g/mol. The fourth-order valence-corrected chi connectivity index (χ4v) is 1.69. The van der Waals surface area contributed by atoms with Crippen LogP contribution in [0.25, 0.3) is 0 Å². The van der Waals surface area contributed by atoms with Gasteiger partial charge in [0.1, 0.15) is 0 Å². The van der Waals surface area contributed by atoms with Crippen molar-refractivity contribution in [3.8, 4) is 0 Å². The van der Waals surface area contributed by atoms with Crippen molar-refractivity contribution >= 4 is 6.03 Å². The van der Waals surface area contributed by atoms with Gasteiger partial charge in [-0.15, -0.1) is 0 Å². The van der Waals surface area contributed by atoms with E-state index >= 15 is 0 Å². The number of urea groups is 1. The average Bonchev–Trinajstić information content (AvgIpc) is 2.42. The third kappa shape index (κ3) is 10.7. The summed E-state index contributed by atoms with van der Waals surface area (Å²) in [6.45, 7) is 2.24. The molecule has 0 aliphatic heterocycles. The van der Waals surface area contributed by atoms with Gasteiger partial charge in [-0.1, -0.05) is 0 Å². The van der Waals surface area contributed by atoms with Gasteiger partial charge in [-0.05, 0) is 38.5 Å². The third-order valence-corrected chi connectivity index (χ3v) is 2.82. The van der Waals surface area contributed by atoms with E-state index < -0.39 is 0 Å². The maximum Gasteiger partial charge on any atom is 0.317 e. The topological polar surface area (TPSA) is 93.0 Å². The molecule has 0 unspecified atom stereocenters. The molecule has 0 aliphatic rings. The first-order valence-electron chi connectivity index (χ1n) is 7.11. The second-order valence-corrected chi connectivity index (χ2v) is 4.51. The molecule has 0 fully saturated rings. The number of carbonyl (C=O) groups is 1. The van der Waals surface area contributed by atoms with Crippen LogP contribution in [0.15, 0.2) is 0 Å². The molecule has 0 aliphatic carbocycles. The van der Waals surface area contributed by atoms with E-state index in [1.54, 1.807) is 4.90 Å². The lowest BCUT2D eigenvalue weighted by molar-refractivity contribution is 0.189. The van der Waals surface area contributed by atoms with Crippen molar-refractivity contribution in [1.82, 2.24) is 10.2 Å². The van der Waals surface area contributed by atoms with Gasteiger partial charge in [0.15, 0.2) is 0 Å². The van der Waals surface area contributed by atoms with E-state index in [1.807, 2.05) is 0 Å². The van der Waals surface area contributed by atoms with Crippen LogP contribution in [0.5, 0.6) is 0 Å². The number of aliphatic hydroxyl groups is 3. The summed E-state index contributed by atoms with van der Waals surface area (Å²) in [4.78, 5) is 13.6. The zero-order chi connectivity index (χ0) is 14.3. The second kappa shape index (κ2) is 13.6. The Labute approximate surface area is 115 Å². The minimum atomic E-state index is -0.103. The first-order chi connectivity index (χ1) is 9.26. The van der Waals surface area contributed by atoms with Crippen LogP contribution < -0.4 is 5.32 Å². The highest BCUT2D eigenvalue weighted by atomic mass is 16.3. The van der Waals surface area contributed by atoms with E-state index in [0.717, 1.165) is 19.3 Å². The van der Waals surface area contributed by atoms with Crippen LogP contribution in [-0.4, -0.2) is 65.7 Å². The number of nitrogens with zero attached hydrogens (tertiary/aromatic N) is 1. The van der Waals surface area contributed by atoms with Crippen LogP contribution >= 0.6 is 0 Å². The molecule has 6 heteroatoms. The minimum absolute atomic E-state index is 0.103. The number of unbranched alkanes of at least 4 members (excludes halogenated alkanes) is 3. The largest absolute Gasteiger partial charge is 0.396 e. The summed E-state index contributed by atoms with van der Waals surface area (Å²) >= 11 is 0. The van der Waals surface area contributed by atoms with Crippen molar-refractivity contribution in [3.63, 3.8) is 0 Å². The fourth-order valence-electron chi connectivity index (χ4n) is 1.69. The summed E-state index contributed by atoms with van der Waals surface area (Å²) in [6.07, 6.45) is 4.39. The molecule has 114 valence electrons. The number of carbonyl (C=O) groups excluding carboxylic acids is 1. The Hall–Kier alpha value is -0.850. The molecule has 0 heterocycles. The van der Waals surface area contributed by atoms with E-state index in [2.05, 4.69) is 5.32 Å². The highest BCUT2D eigenvalue weighted by molar-refractivity contribution is 5.74. The maximum atomic E-state index is 11.9. The van der Waals surface area contributed by atoms with Crippen molar-refractivity contribution in [1.29, 1.82) is 0 Å². The van der Waals surface area contributed by atoms with Crippen molar-refractivity contribution < 1.29 is 20.1 Å². The van der Waals surface area contributed by atoms with E-state index in [4.69, 9.17) is 15.3 Å². The molecule has 0 atom stereocenters. The average molecular weight is 276 g/mol. The molecule has 4 N–H and O–H groups in total. The zero-order valence-corrected chi connectivity index (χ0v) is 11.7. The van der Waals surface area contributed by atoms with Gasteiger partial charge in [0.25, 0.3) is 0 Å². The summed E-state index contributed by atoms with van der Waals surface area (Å²) in [7, 11) is 0. The molecule has 0 aromatic carbocycles. The first kappa shape index (κ1) is 18.1. The fraction of sp³-hybridized carbons (Fsp3) is 0.923. The molecule has 2 amide bonds. The summed E-state index contributed by atoms with van der Waals surface area (Å²) < 4.78 is 0. The normalized spacial score (nSPS) is 10.5. The van der Waals surface area contributed by atoms with Gasteiger partial charge >= 0.3 is 6.03 Å². The molecule has 19 heavy (non-hydrogen) atoms. The quantitative estimate of drug-likeness (QED) is 0.386. The third-order valence-electron chi connectivity index (χ3n) is 2.82. The first-order valence-corrected chi connectivity index (χ1v) is 7.11. The van der Waals surface area contributed by atoms with Gasteiger partial charge in [0.05, 0.1) is 0 Å². The van der Waals surface area contributed by atoms with E-state index in [-0.39, 0.29) is 25.9 Å². The van der Waals surface area contributed by atoms with Crippen molar-refractivity contribution in [2.75, 3.05) is 39.5 Å². The Balaban J connectivity index is 3.94. The van der Waals surface area contributed by atoms with E-state index in [0.29, 0.717) is 38.9 Å². The van der Waals surface area contributed by atoms with Crippen LogP contribution in [0.4, 0.5) is 4.79 Å². The van der Waals surface area contributed by atoms with Crippen LogP contribution in [0.2, 0.25) is 0 Å². The highest BCUT2D eigenvalue weighted by Crippen LogP contribution is 2.00.